The van der Waals surface area contributed by atoms with Crippen LogP contribution in [0.2, 0.25) is 30.1 Å². The number of hydrogen-bond donors (Lipinski definition) is 0. The third-order valence-corrected chi connectivity index (χ3v) is 8.95. The van der Waals surface area contributed by atoms with Gasteiger partial charge >= 0.3 is 23.9 Å². The normalized spacial score (nSPS) is 12.3. The van der Waals surface area contributed by atoms with Crippen molar-refractivity contribution in [3.8, 4) is 11.5 Å². The Morgan fingerprint density at radius 1 is 0.587 bits per heavy atom. The Morgan fingerprint density at radius 2 is 0.935 bits per heavy atom. The van der Waals surface area contributed by atoms with E-state index in [0.717, 1.165) is 63.5 Å². The molecule has 0 N–H and O–H groups in total. The number of hydrogen-bond acceptors (Lipinski definition) is 8. The van der Waals surface area contributed by atoms with Crippen molar-refractivity contribution in [2.75, 3.05) is 13.2 Å². The van der Waals surface area contributed by atoms with E-state index in [0.29, 0.717) is 0 Å². The van der Waals surface area contributed by atoms with Crippen molar-refractivity contribution in [1.29, 1.82) is 0 Å². The van der Waals surface area contributed by atoms with Crippen molar-refractivity contribution in [2.24, 2.45) is 11.8 Å². The molecule has 0 spiro atoms. The van der Waals surface area contributed by atoms with E-state index < -0.39 is 46.5 Å². The highest BCUT2D eigenvalue weighted by Crippen LogP contribution is 2.42. The van der Waals surface area contributed by atoms with E-state index in [1.807, 2.05) is 13.8 Å². The number of halogens is 6. The fourth-order valence-corrected chi connectivity index (χ4v) is 5.66. The van der Waals surface area contributed by atoms with E-state index in [1.165, 1.54) is 0 Å². The number of benzene rings is 2. The van der Waals surface area contributed by atoms with Gasteiger partial charge in [0, 0.05) is 0 Å². The molecule has 0 aromatic heterocycles. The second kappa shape index (κ2) is 19.8. The molecule has 0 aliphatic heterocycles. The number of esters is 4. The number of rotatable bonds is 16. The van der Waals surface area contributed by atoms with E-state index in [2.05, 4.69) is 13.8 Å². The molecular formula is C32H36Cl6O8. The quantitative estimate of drug-likeness (QED) is 0.0547. The predicted octanol–water partition coefficient (Wildman–Crippen LogP) is 10.9. The number of unbranched alkanes of at least 4 members (excludes halogenated alkanes) is 4. The predicted molar refractivity (Wildman–Crippen MR) is 181 cm³/mol. The summed E-state index contributed by atoms with van der Waals surface area (Å²) in [6, 6.07) is 2.24. The molecule has 0 fully saturated rings. The summed E-state index contributed by atoms with van der Waals surface area (Å²) in [6.45, 7) is 8.09. The van der Waals surface area contributed by atoms with Gasteiger partial charge in [0.15, 0.2) is 11.5 Å². The van der Waals surface area contributed by atoms with Gasteiger partial charge in [-0.05, 0) is 36.8 Å². The topological polar surface area (TPSA) is 105 Å². The summed E-state index contributed by atoms with van der Waals surface area (Å²) in [5, 5.41) is -1.50. The van der Waals surface area contributed by atoms with E-state index in [1.54, 1.807) is 0 Å². The van der Waals surface area contributed by atoms with Gasteiger partial charge in [0.05, 0.1) is 43.3 Å². The molecule has 254 valence electrons. The van der Waals surface area contributed by atoms with Crippen molar-refractivity contribution in [3.05, 3.63) is 53.4 Å². The first kappa shape index (κ1) is 40.2. The minimum absolute atomic E-state index is 0.0333. The first-order chi connectivity index (χ1) is 21.7. The van der Waals surface area contributed by atoms with Gasteiger partial charge < -0.3 is 18.9 Å². The Kier molecular flexibility index (Phi) is 17.3. The van der Waals surface area contributed by atoms with Crippen LogP contribution in [-0.4, -0.2) is 37.1 Å². The third-order valence-electron chi connectivity index (χ3n) is 6.82. The highest BCUT2D eigenvalue weighted by molar-refractivity contribution is 6.47. The second-order valence-electron chi connectivity index (χ2n) is 10.9. The summed E-state index contributed by atoms with van der Waals surface area (Å²) in [5.74, 6) is -6.35. The molecule has 0 bridgehead atoms. The van der Waals surface area contributed by atoms with Gasteiger partial charge in [0.25, 0.3) is 0 Å². The molecule has 2 rings (SSSR count). The maximum absolute atomic E-state index is 13.1. The Morgan fingerprint density at radius 3 is 1.26 bits per heavy atom. The van der Waals surface area contributed by atoms with Crippen LogP contribution in [0.15, 0.2) is 12.1 Å². The van der Waals surface area contributed by atoms with Crippen molar-refractivity contribution in [3.63, 3.8) is 0 Å². The minimum atomic E-state index is -1.65. The Balaban J connectivity index is 2.28. The highest BCUT2D eigenvalue weighted by Gasteiger charge is 2.32. The molecular weight excluding hydrogens is 725 g/mol. The van der Waals surface area contributed by atoms with Gasteiger partial charge in [0.1, 0.15) is 11.1 Å². The van der Waals surface area contributed by atoms with E-state index >= 15 is 0 Å². The molecule has 2 atom stereocenters. The second-order valence-corrected chi connectivity index (χ2v) is 13.3. The Labute approximate surface area is 299 Å². The van der Waals surface area contributed by atoms with Gasteiger partial charge in [0.2, 0.25) is 0 Å². The first-order valence-electron chi connectivity index (χ1n) is 14.9. The fraction of sp³-hybridized carbons (Fsp3) is 0.500. The van der Waals surface area contributed by atoms with Crippen molar-refractivity contribution < 1.29 is 38.1 Å². The lowest BCUT2D eigenvalue weighted by molar-refractivity contribution is -0.156. The van der Waals surface area contributed by atoms with Gasteiger partial charge in [-0.25, -0.2) is 19.2 Å². The highest BCUT2D eigenvalue weighted by atomic mass is 35.5. The Bertz CT molecular complexity index is 1310. The first-order valence-corrected chi connectivity index (χ1v) is 17.1. The lowest BCUT2D eigenvalue weighted by Gasteiger charge is -2.17. The molecule has 8 nitrogen and oxygen atoms in total. The SMILES string of the molecule is CCCCCC(C)COC(=O)c1c(Cl)c(Cl)cc(Cl)c1OC(=O)C(=O)Oc1c(Cl)cc(Cl)c(Cl)c1C(=O)OCC(C)CCCCC. The lowest BCUT2D eigenvalue weighted by atomic mass is 10.0. The maximum Gasteiger partial charge on any atom is 0.423 e. The molecule has 14 heteroatoms. The van der Waals surface area contributed by atoms with E-state index in [-0.39, 0.29) is 55.2 Å². The molecule has 0 aliphatic rings. The third kappa shape index (κ3) is 11.6. The standard InChI is InChI=1S/C32H36Cl6O8/c1-5-7-9-11-17(3)15-43-29(39)23-25(37)19(33)13-21(35)27(23)45-31(41)32(42)46-28-22(36)14-20(34)26(38)24(28)30(40)44-16-18(4)12-10-8-6-2/h13-14,17-18H,5-12,15-16H2,1-4H3. The van der Waals surface area contributed by atoms with Gasteiger partial charge in [-0.2, -0.15) is 0 Å². The molecule has 0 aliphatic carbocycles. The number of carbonyl (C=O) groups excluding carboxylic acids is 4. The zero-order valence-electron chi connectivity index (χ0n) is 25.9. The average Bonchev–Trinajstić information content (AvgIpc) is 3.00. The molecule has 2 unspecified atom stereocenters. The molecule has 0 heterocycles. The molecule has 0 radical (unpaired) electrons. The van der Waals surface area contributed by atoms with Crippen LogP contribution < -0.4 is 9.47 Å². The summed E-state index contributed by atoms with van der Waals surface area (Å²) >= 11 is 37.3. The summed E-state index contributed by atoms with van der Waals surface area (Å²) in [6.07, 6.45) is 7.74. The van der Waals surface area contributed by atoms with Crippen LogP contribution in [0.25, 0.3) is 0 Å². The maximum atomic E-state index is 13.1. The summed E-state index contributed by atoms with van der Waals surface area (Å²) in [7, 11) is 0. The fourth-order valence-electron chi connectivity index (χ4n) is 4.22. The van der Waals surface area contributed by atoms with Crippen LogP contribution in [0.4, 0.5) is 0 Å². The molecule has 0 saturated carbocycles. The van der Waals surface area contributed by atoms with Gasteiger partial charge in [-0.1, -0.05) is 136 Å². The average molecular weight is 761 g/mol. The van der Waals surface area contributed by atoms with Crippen LogP contribution in [0.5, 0.6) is 11.5 Å². The van der Waals surface area contributed by atoms with E-state index in [4.69, 9.17) is 88.6 Å². The zero-order valence-corrected chi connectivity index (χ0v) is 30.4. The Hall–Kier alpha value is -1.94. The monoisotopic (exact) mass is 758 g/mol. The smallest absolute Gasteiger partial charge is 0.423 e. The largest absolute Gasteiger partial charge is 0.462 e. The lowest BCUT2D eigenvalue weighted by Crippen LogP contribution is -2.27. The summed E-state index contributed by atoms with van der Waals surface area (Å²) in [5.41, 5.74) is -0.933. The molecule has 2 aromatic rings. The van der Waals surface area contributed by atoms with Crippen LogP contribution in [0.1, 0.15) is 99.8 Å². The number of carbonyl (C=O) groups is 4. The van der Waals surface area contributed by atoms with Crippen LogP contribution in [0, 0.1) is 11.8 Å². The van der Waals surface area contributed by atoms with Crippen molar-refractivity contribution in [1.82, 2.24) is 0 Å². The molecule has 46 heavy (non-hydrogen) atoms. The van der Waals surface area contributed by atoms with Crippen LogP contribution >= 0.6 is 69.6 Å². The van der Waals surface area contributed by atoms with Crippen molar-refractivity contribution in [2.45, 2.75) is 79.1 Å². The van der Waals surface area contributed by atoms with E-state index in [9.17, 15) is 19.2 Å². The molecule has 2 aromatic carbocycles. The van der Waals surface area contributed by atoms with Gasteiger partial charge in [-0.15, -0.1) is 0 Å². The number of ether oxygens (including phenoxy) is 4. The van der Waals surface area contributed by atoms with Crippen LogP contribution in [0.3, 0.4) is 0 Å². The van der Waals surface area contributed by atoms with Gasteiger partial charge in [-0.3, -0.25) is 0 Å². The molecule has 0 amide bonds. The summed E-state index contributed by atoms with van der Waals surface area (Å²) in [4.78, 5) is 52.0. The van der Waals surface area contributed by atoms with Crippen LogP contribution in [-0.2, 0) is 19.1 Å². The van der Waals surface area contributed by atoms with Crippen molar-refractivity contribution >= 4 is 93.5 Å². The zero-order chi connectivity index (χ0) is 34.6. The minimum Gasteiger partial charge on any atom is -0.462 e. The molecule has 0 saturated heterocycles. The summed E-state index contributed by atoms with van der Waals surface area (Å²) < 4.78 is 21.1.